The summed E-state index contributed by atoms with van der Waals surface area (Å²) in [5.41, 5.74) is 7.20. The Labute approximate surface area is 115 Å². The number of ether oxygens (including phenoxy) is 1. The van der Waals surface area contributed by atoms with E-state index in [0.717, 1.165) is 55.9 Å². The van der Waals surface area contributed by atoms with Gasteiger partial charge < -0.3 is 15.6 Å². The third-order valence-electron chi connectivity index (χ3n) is 3.85. The maximum absolute atomic E-state index is 10.1. The largest absolute Gasteiger partial charge is 0.496 e. The van der Waals surface area contributed by atoms with Crippen LogP contribution in [0.25, 0.3) is 0 Å². The van der Waals surface area contributed by atoms with Crippen LogP contribution < -0.4 is 10.5 Å². The molecule has 1 aliphatic heterocycles. The lowest BCUT2D eigenvalue weighted by Crippen LogP contribution is -2.28. The van der Waals surface area contributed by atoms with Crippen molar-refractivity contribution in [2.24, 2.45) is 0 Å². The van der Waals surface area contributed by atoms with Gasteiger partial charge in [0.15, 0.2) is 0 Å². The van der Waals surface area contributed by atoms with Crippen LogP contribution in [0.5, 0.6) is 5.75 Å². The summed E-state index contributed by atoms with van der Waals surface area (Å²) in [5.74, 6) is 0.880. The summed E-state index contributed by atoms with van der Waals surface area (Å²) in [4.78, 5) is 2.36. The van der Waals surface area contributed by atoms with Crippen LogP contribution in [0.15, 0.2) is 18.2 Å². The second-order valence-electron chi connectivity index (χ2n) is 5.70. The number of methoxy groups -OCH3 is 1. The van der Waals surface area contributed by atoms with Gasteiger partial charge in [-0.25, -0.2) is 0 Å². The smallest absolute Gasteiger partial charge is 0.123 e. The van der Waals surface area contributed by atoms with Crippen molar-refractivity contribution in [3.8, 4) is 5.75 Å². The van der Waals surface area contributed by atoms with Crippen molar-refractivity contribution in [2.45, 2.75) is 38.3 Å². The molecule has 1 aliphatic rings. The van der Waals surface area contributed by atoms with Gasteiger partial charge in [0.1, 0.15) is 5.75 Å². The molecule has 2 rings (SSSR count). The standard InChI is InChI=1S/C15H24N2O2/c1-15(18)6-3-8-17(9-7-15)11-12-10-13(16)4-5-14(12)19-2/h4-5,10,18H,3,6-9,11,16H2,1-2H3. The second kappa shape index (κ2) is 5.80. The van der Waals surface area contributed by atoms with Crippen molar-refractivity contribution in [3.63, 3.8) is 0 Å². The van der Waals surface area contributed by atoms with Gasteiger partial charge in [-0.2, -0.15) is 0 Å². The quantitative estimate of drug-likeness (QED) is 0.820. The molecule has 1 saturated heterocycles. The van der Waals surface area contributed by atoms with E-state index in [1.54, 1.807) is 7.11 Å². The minimum Gasteiger partial charge on any atom is -0.496 e. The fourth-order valence-corrected chi connectivity index (χ4v) is 2.64. The van der Waals surface area contributed by atoms with E-state index in [2.05, 4.69) is 4.90 Å². The number of hydrogen-bond acceptors (Lipinski definition) is 4. The van der Waals surface area contributed by atoms with Gasteiger partial charge in [-0.15, -0.1) is 0 Å². The lowest BCUT2D eigenvalue weighted by atomic mass is 9.98. The normalized spacial score (nSPS) is 25.0. The van der Waals surface area contributed by atoms with Gasteiger partial charge in [-0.3, -0.25) is 4.90 Å². The van der Waals surface area contributed by atoms with Crippen molar-refractivity contribution >= 4 is 5.69 Å². The molecule has 0 spiro atoms. The molecular weight excluding hydrogens is 240 g/mol. The molecule has 3 N–H and O–H groups in total. The van der Waals surface area contributed by atoms with Crippen molar-refractivity contribution < 1.29 is 9.84 Å². The molecule has 0 aromatic heterocycles. The molecule has 1 unspecified atom stereocenters. The highest BCUT2D eigenvalue weighted by atomic mass is 16.5. The van der Waals surface area contributed by atoms with Crippen LogP contribution in [-0.2, 0) is 6.54 Å². The van der Waals surface area contributed by atoms with Gasteiger partial charge in [0.25, 0.3) is 0 Å². The summed E-state index contributed by atoms with van der Waals surface area (Å²) in [6.45, 7) is 4.67. The zero-order chi connectivity index (χ0) is 13.9. The Bertz CT molecular complexity index is 432. The second-order valence-corrected chi connectivity index (χ2v) is 5.70. The van der Waals surface area contributed by atoms with Crippen LogP contribution >= 0.6 is 0 Å². The highest BCUT2D eigenvalue weighted by molar-refractivity contribution is 5.47. The monoisotopic (exact) mass is 264 g/mol. The highest BCUT2D eigenvalue weighted by Gasteiger charge is 2.25. The Morgan fingerprint density at radius 1 is 1.37 bits per heavy atom. The summed E-state index contributed by atoms with van der Waals surface area (Å²) < 4.78 is 5.38. The molecule has 1 aromatic rings. The van der Waals surface area contributed by atoms with E-state index in [1.165, 1.54) is 0 Å². The number of rotatable bonds is 3. The number of nitrogen functional groups attached to an aromatic ring is 1. The number of hydrogen-bond donors (Lipinski definition) is 2. The SMILES string of the molecule is COc1ccc(N)cc1CN1CCCC(C)(O)CC1. The van der Waals surface area contributed by atoms with Gasteiger partial charge in [0.05, 0.1) is 12.7 Å². The first-order chi connectivity index (χ1) is 9.00. The Morgan fingerprint density at radius 2 is 2.16 bits per heavy atom. The van der Waals surface area contributed by atoms with Crippen LogP contribution in [0.2, 0.25) is 0 Å². The summed E-state index contributed by atoms with van der Waals surface area (Å²) >= 11 is 0. The predicted molar refractivity (Wildman–Crippen MR) is 77.2 cm³/mol. The van der Waals surface area contributed by atoms with Crippen LogP contribution in [0.1, 0.15) is 31.7 Å². The minimum atomic E-state index is -0.519. The maximum Gasteiger partial charge on any atom is 0.123 e. The van der Waals surface area contributed by atoms with Crippen LogP contribution in [0.3, 0.4) is 0 Å². The van der Waals surface area contributed by atoms with Gasteiger partial charge >= 0.3 is 0 Å². The lowest BCUT2D eigenvalue weighted by molar-refractivity contribution is 0.0444. The fraction of sp³-hybridized carbons (Fsp3) is 0.600. The van der Waals surface area contributed by atoms with E-state index in [9.17, 15) is 5.11 Å². The molecule has 1 fully saturated rings. The van der Waals surface area contributed by atoms with Crippen molar-refractivity contribution in [2.75, 3.05) is 25.9 Å². The maximum atomic E-state index is 10.1. The van der Waals surface area contributed by atoms with E-state index in [0.29, 0.717) is 0 Å². The van der Waals surface area contributed by atoms with E-state index in [4.69, 9.17) is 10.5 Å². The number of benzene rings is 1. The predicted octanol–water partition coefficient (Wildman–Crippen LogP) is 2.01. The van der Waals surface area contributed by atoms with Crippen LogP contribution in [0.4, 0.5) is 5.69 Å². The molecule has 4 nitrogen and oxygen atoms in total. The fourth-order valence-electron chi connectivity index (χ4n) is 2.64. The Kier molecular flexibility index (Phi) is 4.32. The third kappa shape index (κ3) is 3.85. The van der Waals surface area contributed by atoms with Gasteiger partial charge in [0, 0.05) is 24.3 Å². The Morgan fingerprint density at radius 3 is 2.89 bits per heavy atom. The summed E-state index contributed by atoms with van der Waals surface area (Å²) in [7, 11) is 1.68. The molecular formula is C15H24N2O2. The molecule has 0 saturated carbocycles. The van der Waals surface area contributed by atoms with Crippen molar-refractivity contribution in [1.29, 1.82) is 0 Å². The topological polar surface area (TPSA) is 58.7 Å². The molecule has 0 aliphatic carbocycles. The zero-order valence-electron chi connectivity index (χ0n) is 11.9. The summed E-state index contributed by atoms with van der Waals surface area (Å²) in [6, 6.07) is 5.75. The number of anilines is 1. The number of nitrogens with two attached hydrogens (primary N) is 1. The molecule has 0 radical (unpaired) electrons. The Balaban J connectivity index is 2.06. The molecule has 1 heterocycles. The molecule has 1 aromatic carbocycles. The van der Waals surface area contributed by atoms with Gasteiger partial charge in [-0.1, -0.05) is 0 Å². The van der Waals surface area contributed by atoms with E-state index >= 15 is 0 Å². The van der Waals surface area contributed by atoms with Crippen LogP contribution in [-0.4, -0.2) is 35.8 Å². The van der Waals surface area contributed by atoms with Crippen molar-refractivity contribution in [1.82, 2.24) is 4.90 Å². The van der Waals surface area contributed by atoms with Crippen molar-refractivity contribution in [3.05, 3.63) is 23.8 Å². The van der Waals surface area contributed by atoms with Crippen LogP contribution in [0, 0.1) is 0 Å². The molecule has 4 heteroatoms. The number of nitrogens with zero attached hydrogens (tertiary/aromatic N) is 1. The first kappa shape index (κ1) is 14.2. The molecule has 1 atom stereocenters. The molecule has 0 amide bonds. The van der Waals surface area contributed by atoms with Gasteiger partial charge in [0.2, 0.25) is 0 Å². The summed E-state index contributed by atoms with van der Waals surface area (Å²) in [5, 5.41) is 10.1. The minimum absolute atomic E-state index is 0.519. The lowest BCUT2D eigenvalue weighted by Gasteiger charge is -2.23. The number of likely N-dealkylation sites (tertiary alicyclic amines) is 1. The molecule has 19 heavy (non-hydrogen) atoms. The third-order valence-corrected chi connectivity index (χ3v) is 3.85. The first-order valence-corrected chi connectivity index (χ1v) is 6.87. The van der Waals surface area contributed by atoms with E-state index in [1.807, 2.05) is 25.1 Å². The van der Waals surface area contributed by atoms with E-state index < -0.39 is 5.60 Å². The number of aliphatic hydroxyl groups is 1. The first-order valence-electron chi connectivity index (χ1n) is 6.87. The summed E-state index contributed by atoms with van der Waals surface area (Å²) in [6.07, 6.45) is 2.72. The van der Waals surface area contributed by atoms with Gasteiger partial charge in [-0.05, 0) is 50.9 Å². The average molecular weight is 264 g/mol. The zero-order valence-corrected chi connectivity index (χ0v) is 11.9. The Hall–Kier alpha value is -1.26. The molecule has 106 valence electrons. The highest BCUT2D eigenvalue weighted by Crippen LogP contribution is 2.26. The molecule has 0 bridgehead atoms. The average Bonchev–Trinajstić information content (AvgIpc) is 2.51. The van der Waals surface area contributed by atoms with E-state index in [-0.39, 0.29) is 0 Å².